The van der Waals surface area contributed by atoms with Crippen molar-refractivity contribution in [1.29, 1.82) is 0 Å². The fraction of sp³-hybridized carbons (Fsp3) is 0.432. The van der Waals surface area contributed by atoms with E-state index >= 15 is 0 Å². The van der Waals surface area contributed by atoms with Gasteiger partial charge in [0, 0.05) is 29.6 Å². The Morgan fingerprint density at radius 3 is 2.18 bits per heavy atom. The predicted octanol–water partition coefficient (Wildman–Crippen LogP) is 7.44. The van der Waals surface area contributed by atoms with Crippen LogP contribution in [0.5, 0.6) is 0 Å². The lowest BCUT2D eigenvalue weighted by molar-refractivity contribution is -0.128. The maximum atomic E-state index is 14.2. The van der Waals surface area contributed by atoms with E-state index in [-0.39, 0.29) is 37.0 Å². The number of carbonyl (C=O) groups is 4. The fourth-order valence-electron chi connectivity index (χ4n) is 7.86. The minimum Gasteiger partial charge on any atom is -0.449 e. The molecule has 1 saturated carbocycles. The number of anilines is 1. The van der Waals surface area contributed by atoms with Gasteiger partial charge in [-0.3, -0.25) is 14.4 Å². The van der Waals surface area contributed by atoms with E-state index in [1.54, 1.807) is 32.9 Å². The minimum absolute atomic E-state index is 0.101. The van der Waals surface area contributed by atoms with Crippen LogP contribution in [-0.2, 0) is 19.1 Å². The maximum Gasteiger partial charge on any atom is 0.407 e. The number of ether oxygens (including phenoxy) is 2. The Morgan fingerprint density at radius 2 is 1.50 bits per heavy atom. The summed E-state index contributed by atoms with van der Waals surface area (Å²) in [5.74, 6) is -0.898. The van der Waals surface area contributed by atoms with Gasteiger partial charge in [-0.25, -0.2) is 9.59 Å². The number of aromatic amines is 1. The number of aryl methyl sites for hydroxylation is 1. The second-order valence-corrected chi connectivity index (χ2v) is 16.0. The van der Waals surface area contributed by atoms with Crippen molar-refractivity contribution in [3.8, 4) is 11.1 Å². The van der Waals surface area contributed by atoms with Crippen LogP contribution in [0.15, 0.2) is 77.6 Å². The fourth-order valence-corrected chi connectivity index (χ4v) is 7.86. The van der Waals surface area contributed by atoms with Crippen molar-refractivity contribution in [2.75, 3.05) is 18.5 Å². The second-order valence-electron chi connectivity index (χ2n) is 16.0. The summed E-state index contributed by atoms with van der Waals surface area (Å²) in [6, 6.07) is 21.0. The van der Waals surface area contributed by atoms with E-state index in [4.69, 9.17) is 9.47 Å². The van der Waals surface area contributed by atoms with Gasteiger partial charge < -0.3 is 35.7 Å². The van der Waals surface area contributed by atoms with Crippen molar-refractivity contribution in [1.82, 2.24) is 20.9 Å². The molecule has 0 aliphatic heterocycles. The van der Waals surface area contributed by atoms with Gasteiger partial charge in [0.15, 0.2) is 0 Å². The first-order chi connectivity index (χ1) is 26.8. The second kappa shape index (κ2) is 17.9. The normalized spacial score (nSPS) is 15.2. The quantitative estimate of drug-likeness (QED) is 0.0883. The van der Waals surface area contributed by atoms with Gasteiger partial charge in [0.05, 0.1) is 5.52 Å². The molecule has 296 valence electrons. The molecule has 0 radical (unpaired) electrons. The summed E-state index contributed by atoms with van der Waals surface area (Å²) in [6.45, 7) is 7.46. The highest BCUT2D eigenvalue weighted by molar-refractivity contribution is 5.99. The van der Waals surface area contributed by atoms with Crippen molar-refractivity contribution >= 4 is 40.6 Å². The number of nitrogens with one attached hydrogen (secondary N) is 5. The van der Waals surface area contributed by atoms with Gasteiger partial charge in [0.25, 0.3) is 0 Å². The highest BCUT2D eigenvalue weighted by Gasteiger charge is 2.32. The maximum absolute atomic E-state index is 14.2. The predicted molar refractivity (Wildman–Crippen MR) is 217 cm³/mol. The van der Waals surface area contributed by atoms with Crippen LogP contribution < -0.4 is 26.8 Å². The van der Waals surface area contributed by atoms with Crippen molar-refractivity contribution in [2.45, 2.75) is 103 Å². The summed E-state index contributed by atoms with van der Waals surface area (Å²) in [4.78, 5) is 68.8. The number of aromatic nitrogens is 1. The average Bonchev–Trinajstić information content (AvgIpc) is 3.47. The number of H-pyrrole nitrogens is 1. The molecule has 12 heteroatoms. The van der Waals surface area contributed by atoms with Crippen LogP contribution in [0.3, 0.4) is 0 Å². The molecule has 0 spiro atoms. The smallest absolute Gasteiger partial charge is 0.407 e. The van der Waals surface area contributed by atoms with Crippen LogP contribution in [0.25, 0.3) is 22.0 Å². The molecule has 0 unspecified atom stereocenters. The summed E-state index contributed by atoms with van der Waals surface area (Å²) in [5, 5.41) is 12.2. The van der Waals surface area contributed by atoms with E-state index < -0.39 is 41.7 Å². The summed E-state index contributed by atoms with van der Waals surface area (Å²) in [6.07, 6.45) is 4.77. The first-order valence-corrected chi connectivity index (χ1v) is 19.7. The average molecular weight is 764 g/mol. The van der Waals surface area contributed by atoms with E-state index in [1.165, 1.54) is 6.07 Å². The molecule has 2 aliphatic rings. The molecule has 2 atom stereocenters. The van der Waals surface area contributed by atoms with Crippen LogP contribution in [-0.4, -0.2) is 59.8 Å². The van der Waals surface area contributed by atoms with Gasteiger partial charge in [-0.05, 0) is 92.8 Å². The molecule has 5 N–H and O–H groups in total. The van der Waals surface area contributed by atoms with Crippen molar-refractivity contribution in [3.05, 3.63) is 99.8 Å². The Kier molecular flexibility index (Phi) is 12.8. The molecule has 2 aliphatic carbocycles. The molecule has 0 saturated heterocycles. The zero-order chi connectivity index (χ0) is 39.8. The number of carbonyl (C=O) groups excluding carboxylic acids is 4. The summed E-state index contributed by atoms with van der Waals surface area (Å²) < 4.78 is 11.2. The zero-order valence-electron chi connectivity index (χ0n) is 32.7. The monoisotopic (exact) mass is 763 g/mol. The first kappa shape index (κ1) is 40.0. The molecular weight excluding hydrogens is 711 g/mol. The lowest BCUT2D eigenvalue weighted by atomic mass is 9.84. The van der Waals surface area contributed by atoms with Crippen LogP contribution in [0.2, 0.25) is 0 Å². The number of alkyl carbamates (subject to hydrolysis) is 2. The van der Waals surface area contributed by atoms with Crippen LogP contribution in [0.4, 0.5) is 15.3 Å². The SMILES string of the molecule is Cc1cc(=O)[nH]c2cc(NC(=O)[C@H](CCCNC(=O)OC(C)(C)C)NC(=O)[C@H](CC3CCCCC3)NC(=O)OCC3c4ccccc4-c4ccccc43)ccc12. The summed E-state index contributed by atoms with van der Waals surface area (Å²) in [7, 11) is 0. The van der Waals surface area contributed by atoms with Gasteiger partial charge in [-0.1, -0.05) is 86.7 Å². The third-order valence-corrected chi connectivity index (χ3v) is 10.5. The van der Waals surface area contributed by atoms with Crippen molar-refractivity contribution < 1.29 is 28.7 Å². The van der Waals surface area contributed by atoms with Crippen molar-refractivity contribution in [2.24, 2.45) is 5.92 Å². The molecule has 1 aromatic heterocycles. The molecule has 0 bridgehead atoms. The standard InChI is InChI=1S/C44H53N5O7/c1-27-23-39(50)47-37-25-29(20-21-30(27)37)46-40(51)36(19-12-22-45-42(53)56-44(2,3)4)48-41(52)38(24-28-13-6-5-7-14-28)49-43(54)55-26-35-33-17-10-8-15-31(33)32-16-9-11-18-34(32)35/h8-11,15-18,20-21,23,25,28,35-36,38H,5-7,12-14,19,22,24,26H2,1-4H3,(H,45,53)(H,46,51)(H,47,50)(H,48,52)(H,49,54)/t36-,38-/m0/s1. The molecule has 1 fully saturated rings. The minimum atomic E-state index is -1.02. The zero-order valence-corrected chi connectivity index (χ0v) is 32.7. The van der Waals surface area contributed by atoms with E-state index in [1.807, 2.05) is 49.4 Å². The van der Waals surface area contributed by atoms with E-state index in [0.717, 1.165) is 65.3 Å². The Balaban J connectivity index is 1.16. The molecule has 1 heterocycles. The topological polar surface area (TPSA) is 168 Å². The number of fused-ring (bicyclic) bond motifs is 4. The van der Waals surface area contributed by atoms with Crippen LogP contribution >= 0.6 is 0 Å². The Bertz CT molecular complexity index is 2070. The van der Waals surface area contributed by atoms with Gasteiger partial charge in [0.1, 0.15) is 24.3 Å². The Labute approximate surface area is 327 Å². The van der Waals surface area contributed by atoms with Gasteiger partial charge >= 0.3 is 12.2 Å². The van der Waals surface area contributed by atoms with Crippen LogP contribution in [0, 0.1) is 12.8 Å². The summed E-state index contributed by atoms with van der Waals surface area (Å²) >= 11 is 0. The molecular formula is C44H53N5O7. The third-order valence-electron chi connectivity index (χ3n) is 10.5. The largest absolute Gasteiger partial charge is 0.449 e. The lowest BCUT2D eigenvalue weighted by Gasteiger charge is -2.28. The highest BCUT2D eigenvalue weighted by atomic mass is 16.6. The highest BCUT2D eigenvalue weighted by Crippen LogP contribution is 2.44. The number of hydrogen-bond donors (Lipinski definition) is 5. The van der Waals surface area contributed by atoms with Gasteiger partial charge in [-0.2, -0.15) is 0 Å². The third kappa shape index (κ3) is 10.3. The van der Waals surface area contributed by atoms with E-state index in [9.17, 15) is 24.0 Å². The Morgan fingerprint density at radius 1 is 0.821 bits per heavy atom. The van der Waals surface area contributed by atoms with Crippen LogP contribution in [0.1, 0.15) is 94.7 Å². The molecule has 3 aromatic carbocycles. The van der Waals surface area contributed by atoms with E-state index in [2.05, 4.69) is 38.4 Å². The Hall–Kier alpha value is -5.65. The van der Waals surface area contributed by atoms with Crippen molar-refractivity contribution in [3.63, 3.8) is 0 Å². The number of hydrogen-bond acceptors (Lipinski definition) is 7. The van der Waals surface area contributed by atoms with Gasteiger partial charge in [-0.15, -0.1) is 0 Å². The molecule has 4 aromatic rings. The number of benzene rings is 3. The lowest BCUT2D eigenvalue weighted by Crippen LogP contribution is -2.53. The molecule has 56 heavy (non-hydrogen) atoms. The summed E-state index contributed by atoms with van der Waals surface area (Å²) in [5.41, 5.74) is 5.28. The number of amides is 4. The first-order valence-electron chi connectivity index (χ1n) is 19.7. The number of pyridine rings is 1. The van der Waals surface area contributed by atoms with Gasteiger partial charge in [0.2, 0.25) is 17.4 Å². The number of rotatable bonds is 13. The van der Waals surface area contributed by atoms with E-state index in [0.29, 0.717) is 24.0 Å². The molecule has 4 amide bonds. The molecule has 12 nitrogen and oxygen atoms in total. The molecule has 6 rings (SSSR count).